The zero-order valence-electron chi connectivity index (χ0n) is 19.1. The van der Waals surface area contributed by atoms with Gasteiger partial charge in [0.15, 0.2) is 10.9 Å². The quantitative estimate of drug-likeness (QED) is 0.125. The molecule has 4 rings (SSSR count). The molecule has 0 radical (unpaired) electrons. The van der Waals surface area contributed by atoms with E-state index in [0.717, 1.165) is 27.7 Å². The van der Waals surface area contributed by atoms with Crippen molar-refractivity contribution in [2.75, 3.05) is 5.75 Å². The molecular weight excluding hydrogens is 503 g/mol. The van der Waals surface area contributed by atoms with E-state index in [-0.39, 0.29) is 11.7 Å². The minimum Gasteiger partial charge on any atom is -0.486 e. The van der Waals surface area contributed by atoms with Gasteiger partial charge < -0.3 is 4.74 Å². The van der Waals surface area contributed by atoms with Crippen molar-refractivity contribution in [3.05, 3.63) is 93.2 Å². The molecule has 3 aromatic carbocycles. The van der Waals surface area contributed by atoms with Crippen molar-refractivity contribution in [2.24, 2.45) is 5.10 Å². The Morgan fingerprint density at radius 3 is 2.46 bits per heavy atom. The number of hydrogen-bond acceptors (Lipinski definition) is 6. The van der Waals surface area contributed by atoms with Gasteiger partial charge in [0, 0.05) is 11.4 Å². The molecule has 0 spiro atoms. The molecule has 0 unspecified atom stereocenters. The number of ether oxygens (including phenoxy) is 1. The predicted octanol–water partition coefficient (Wildman–Crippen LogP) is 6.37. The molecule has 0 aliphatic heterocycles. The molecule has 6 nitrogen and oxygen atoms in total. The lowest BCUT2D eigenvalue weighted by Gasteiger charge is -2.12. The molecule has 4 aromatic rings. The zero-order valence-corrected chi connectivity index (χ0v) is 21.4. The van der Waals surface area contributed by atoms with Crippen molar-refractivity contribution in [3.63, 3.8) is 0 Å². The summed E-state index contributed by atoms with van der Waals surface area (Å²) in [6.07, 6.45) is 1.47. The van der Waals surface area contributed by atoms with Crippen LogP contribution in [0.2, 0.25) is 10.0 Å². The Kier molecular flexibility index (Phi) is 8.23. The highest BCUT2D eigenvalue weighted by atomic mass is 35.5. The van der Waals surface area contributed by atoms with Gasteiger partial charge in [-0.15, -0.1) is 0 Å². The fourth-order valence-corrected chi connectivity index (χ4v) is 4.81. The average molecular weight is 525 g/mol. The maximum absolute atomic E-state index is 12.1. The third-order valence-electron chi connectivity index (χ3n) is 4.97. The number of hydrazone groups is 1. The summed E-state index contributed by atoms with van der Waals surface area (Å²) in [6.45, 7) is 4.10. The van der Waals surface area contributed by atoms with E-state index in [4.69, 9.17) is 27.9 Å². The summed E-state index contributed by atoms with van der Waals surface area (Å²) in [4.78, 5) is 20.7. The van der Waals surface area contributed by atoms with Crippen LogP contribution in [-0.4, -0.2) is 27.8 Å². The highest BCUT2D eigenvalue weighted by molar-refractivity contribution is 7.99. The second kappa shape index (κ2) is 11.5. The number of nitrogens with one attached hydrogen (secondary N) is 1. The minimum atomic E-state index is -0.277. The molecule has 0 bridgehead atoms. The van der Waals surface area contributed by atoms with Gasteiger partial charge in [-0.25, -0.2) is 15.4 Å². The third-order valence-corrected chi connectivity index (χ3v) is 6.38. The number of amides is 1. The Bertz CT molecular complexity index is 1360. The summed E-state index contributed by atoms with van der Waals surface area (Å²) in [7, 11) is 0. The molecule has 1 aromatic heterocycles. The maximum Gasteiger partial charge on any atom is 0.250 e. The SMILES string of the molecule is Cc1cc(C)nc(SCC(=O)N/N=C\c2cc(Cl)c(OCc3cccc4ccccc34)c(Cl)c2)n1. The van der Waals surface area contributed by atoms with Gasteiger partial charge in [-0.05, 0) is 53.9 Å². The number of fused-ring (bicyclic) bond motifs is 1. The maximum atomic E-state index is 12.1. The summed E-state index contributed by atoms with van der Waals surface area (Å²) in [5.74, 6) is 0.261. The van der Waals surface area contributed by atoms with Crippen LogP contribution in [0.5, 0.6) is 5.75 Å². The van der Waals surface area contributed by atoms with Gasteiger partial charge in [-0.2, -0.15) is 5.10 Å². The molecule has 0 atom stereocenters. The number of halogens is 2. The normalized spacial score (nSPS) is 11.2. The summed E-state index contributed by atoms with van der Waals surface area (Å²) < 4.78 is 5.96. The number of aryl methyl sites for hydroxylation is 2. The Labute approximate surface area is 217 Å². The van der Waals surface area contributed by atoms with Crippen LogP contribution in [-0.2, 0) is 11.4 Å². The van der Waals surface area contributed by atoms with E-state index in [2.05, 4.69) is 38.7 Å². The molecular formula is C26H22Cl2N4O2S. The largest absolute Gasteiger partial charge is 0.486 e. The van der Waals surface area contributed by atoms with Crippen LogP contribution in [0.1, 0.15) is 22.5 Å². The predicted molar refractivity (Wildman–Crippen MR) is 143 cm³/mol. The number of hydrogen-bond donors (Lipinski definition) is 1. The molecule has 1 amide bonds. The van der Waals surface area contributed by atoms with Gasteiger partial charge in [-0.3, -0.25) is 4.79 Å². The number of carbonyl (C=O) groups is 1. The van der Waals surface area contributed by atoms with E-state index in [1.165, 1.54) is 18.0 Å². The minimum absolute atomic E-state index is 0.142. The Hall–Kier alpha value is -3.13. The number of aromatic nitrogens is 2. The Morgan fingerprint density at radius 2 is 1.71 bits per heavy atom. The van der Waals surface area contributed by atoms with Crippen LogP contribution < -0.4 is 10.2 Å². The molecule has 0 saturated heterocycles. The van der Waals surface area contributed by atoms with Crippen molar-refractivity contribution in [3.8, 4) is 5.75 Å². The van der Waals surface area contributed by atoms with Crippen LogP contribution >= 0.6 is 35.0 Å². The van der Waals surface area contributed by atoms with Crippen LogP contribution in [0.3, 0.4) is 0 Å². The smallest absolute Gasteiger partial charge is 0.250 e. The van der Waals surface area contributed by atoms with Gasteiger partial charge in [0.2, 0.25) is 0 Å². The van der Waals surface area contributed by atoms with E-state index in [0.29, 0.717) is 33.1 Å². The summed E-state index contributed by atoms with van der Waals surface area (Å²) in [5, 5.41) is 7.51. The van der Waals surface area contributed by atoms with Crippen LogP contribution in [0.25, 0.3) is 10.8 Å². The first-order chi connectivity index (χ1) is 16.9. The highest BCUT2D eigenvalue weighted by Crippen LogP contribution is 2.35. The topological polar surface area (TPSA) is 76.5 Å². The highest BCUT2D eigenvalue weighted by Gasteiger charge is 2.11. The van der Waals surface area contributed by atoms with E-state index >= 15 is 0 Å². The van der Waals surface area contributed by atoms with Gasteiger partial charge in [0.1, 0.15) is 6.61 Å². The van der Waals surface area contributed by atoms with Crippen molar-refractivity contribution >= 4 is 57.9 Å². The van der Waals surface area contributed by atoms with Gasteiger partial charge in [0.25, 0.3) is 5.91 Å². The average Bonchev–Trinajstić information content (AvgIpc) is 2.82. The van der Waals surface area contributed by atoms with Crippen molar-refractivity contribution in [2.45, 2.75) is 25.6 Å². The lowest BCUT2D eigenvalue weighted by Crippen LogP contribution is -2.19. The van der Waals surface area contributed by atoms with E-state index in [1.54, 1.807) is 12.1 Å². The summed E-state index contributed by atoms with van der Waals surface area (Å²) in [5.41, 5.74) is 5.86. The fraction of sp³-hybridized carbons (Fsp3) is 0.154. The first-order valence-corrected chi connectivity index (χ1v) is 12.5. The number of nitrogens with zero attached hydrogens (tertiary/aromatic N) is 3. The molecule has 0 fully saturated rings. The fourth-order valence-electron chi connectivity index (χ4n) is 3.46. The lowest BCUT2D eigenvalue weighted by molar-refractivity contribution is -0.118. The summed E-state index contributed by atoms with van der Waals surface area (Å²) in [6, 6.07) is 19.4. The van der Waals surface area contributed by atoms with Crippen LogP contribution in [0.15, 0.2) is 70.9 Å². The first kappa shape index (κ1) is 25.0. The van der Waals surface area contributed by atoms with Crippen molar-refractivity contribution in [1.82, 2.24) is 15.4 Å². The Morgan fingerprint density at radius 1 is 1.03 bits per heavy atom. The first-order valence-electron chi connectivity index (χ1n) is 10.7. The van der Waals surface area contributed by atoms with Gasteiger partial charge in [-0.1, -0.05) is 77.4 Å². The van der Waals surface area contributed by atoms with Gasteiger partial charge in [0.05, 0.1) is 22.0 Å². The van der Waals surface area contributed by atoms with E-state index < -0.39 is 0 Å². The number of carbonyl (C=O) groups excluding carboxylic acids is 1. The molecule has 9 heteroatoms. The molecule has 0 saturated carbocycles. The Balaban J connectivity index is 1.35. The molecule has 178 valence electrons. The number of rotatable bonds is 8. The number of thioether (sulfide) groups is 1. The van der Waals surface area contributed by atoms with E-state index in [9.17, 15) is 4.79 Å². The second-order valence-corrected chi connectivity index (χ2v) is 9.51. The molecule has 0 aliphatic carbocycles. The summed E-state index contributed by atoms with van der Waals surface area (Å²) >= 11 is 14.1. The molecule has 0 aliphatic rings. The third kappa shape index (κ3) is 6.72. The van der Waals surface area contributed by atoms with Crippen LogP contribution in [0, 0.1) is 13.8 Å². The number of benzene rings is 3. The zero-order chi connectivity index (χ0) is 24.8. The second-order valence-electron chi connectivity index (χ2n) is 7.76. The van der Waals surface area contributed by atoms with Crippen molar-refractivity contribution in [1.29, 1.82) is 0 Å². The van der Waals surface area contributed by atoms with Gasteiger partial charge >= 0.3 is 0 Å². The van der Waals surface area contributed by atoms with Crippen molar-refractivity contribution < 1.29 is 9.53 Å². The standard InChI is InChI=1S/C26H22Cl2N4O2S/c1-16-10-17(2)31-26(30-16)35-15-24(33)32-29-13-18-11-22(27)25(23(28)12-18)34-14-20-8-5-7-19-6-3-4-9-21(19)20/h3-13H,14-15H2,1-2H3,(H,32,33)/b29-13-. The van der Waals surface area contributed by atoms with Crippen LogP contribution in [0.4, 0.5) is 0 Å². The lowest BCUT2D eigenvalue weighted by atomic mass is 10.1. The molecule has 1 heterocycles. The molecule has 1 N–H and O–H groups in total. The van der Waals surface area contributed by atoms with E-state index in [1.807, 2.05) is 44.2 Å². The monoisotopic (exact) mass is 524 g/mol. The molecule has 35 heavy (non-hydrogen) atoms.